The van der Waals surface area contributed by atoms with Crippen molar-refractivity contribution in [2.45, 2.75) is 45.2 Å². The van der Waals surface area contributed by atoms with Gasteiger partial charge in [-0.05, 0) is 32.6 Å². The summed E-state index contributed by atoms with van der Waals surface area (Å²) < 4.78 is 0.969. The van der Waals surface area contributed by atoms with E-state index >= 15 is 0 Å². The quantitative estimate of drug-likeness (QED) is 0.730. The highest BCUT2D eigenvalue weighted by molar-refractivity contribution is 5.78. The summed E-state index contributed by atoms with van der Waals surface area (Å²) in [5.74, 6) is -0.253. The second kappa shape index (κ2) is 5.94. The Morgan fingerprint density at radius 2 is 2.05 bits per heavy atom. The zero-order valence-electron chi connectivity index (χ0n) is 11.4. The molecule has 1 heterocycles. The summed E-state index contributed by atoms with van der Waals surface area (Å²) in [7, 11) is 0. The summed E-state index contributed by atoms with van der Waals surface area (Å²) in [6, 6.07) is 0.0369. The van der Waals surface area contributed by atoms with Crippen LogP contribution in [0.5, 0.6) is 5.88 Å². The van der Waals surface area contributed by atoms with Crippen molar-refractivity contribution in [1.82, 2.24) is 14.9 Å². The molecule has 2 rings (SSSR count). The van der Waals surface area contributed by atoms with Gasteiger partial charge in [-0.1, -0.05) is 0 Å². The number of carbonyl (C=O) groups is 2. The van der Waals surface area contributed by atoms with Crippen LogP contribution < -0.4 is 11.0 Å². The number of amides is 1. The maximum Gasteiger partial charge on any atom is 0.328 e. The lowest BCUT2D eigenvalue weighted by Crippen LogP contribution is -2.41. The molecule has 1 aromatic heterocycles. The molecule has 1 aliphatic rings. The number of nitrogens with one attached hydrogen (secondary N) is 2. The number of ketones is 1. The highest BCUT2D eigenvalue weighted by Gasteiger charge is 2.25. The Kier molecular flexibility index (Phi) is 4.26. The normalized spacial score (nSPS) is 22.4. The second-order valence-corrected chi connectivity index (χ2v) is 5.26. The first-order valence-electron chi connectivity index (χ1n) is 6.74. The molecule has 1 aromatic rings. The molecule has 7 heteroatoms. The van der Waals surface area contributed by atoms with Crippen LogP contribution in [0.1, 0.15) is 32.6 Å². The van der Waals surface area contributed by atoms with Gasteiger partial charge in [-0.25, -0.2) is 4.79 Å². The molecule has 1 fully saturated rings. The molecule has 0 bridgehead atoms. The Bertz CT molecular complexity index is 552. The van der Waals surface area contributed by atoms with Crippen molar-refractivity contribution >= 4 is 11.7 Å². The molecule has 0 aliphatic heterocycles. The average molecular weight is 281 g/mol. The van der Waals surface area contributed by atoms with E-state index in [0.717, 1.165) is 36.4 Å². The summed E-state index contributed by atoms with van der Waals surface area (Å²) in [6.07, 6.45) is 4.26. The van der Waals surface area contributed by atoms with E-state index in [1.54, 1.807) is 6.92 Å². The molecule has 0 spiro atoms. The van der Waals surface area contributed by atoms with Crippen LogP contribution >= 0.6 is 0 Å². The van der Waals surface area contributed by atoms with Crippen LogP contribution in [0.25, 0.3) is 0 Å². The molecular weight excluding hydrogens is 262 g/mol. The van der Waals surface area contributed by atoms with Crippen molar-refractivity contribution < 1.29 is 14.7 Å². The smallest absolute Gasteiger partial charge is 0.328 e. The fourth-order valence-electron chi connectivity index (χ4n) is 2.60. The van der Waals surface area contributed by atoms with Gasteiger partial charge >= 0.3 is 5.69 Å². The molecule has 0 unspecified atom stereocenters. The van der Waals surface area contributed by atoms with Gasteiger partial charge in [0.25, 0.3) is 0 Å². The van der Waals surface area contributed by atoms with E-state index in [9.17, 15) is 19.5 Å². The van der Waals surface area contributed by atoms with Gasteiger partial charge in [-0.3, -0.25) is 14.2 Å². The summed E-state index contributed by atoms with van der Waals surface area (Å²) in [6.45, 7) is 1.39. The fourth-order valence-corrected chi connectivity index (χ4v) is 2.60. The zero-order valence-corrected chi connectivity index (χ0v) is 11.4. The summed E-state index contributed by atoms with van der Waals surface area (Å²) in [4.78, 5) is 36.7. The van der Waals surface area contributed by atoms with Crippen molar-refractivity contribution in [2.75, 3.05) is 0 Å². The number of hydrogen-bond donors (Lipinski definition) is 3. The van der Waals surface area contributed by atoms with E-state index in [1.807, 2.05) is 0 Å². The van der Waals surface area contributed by atoms with Gasteiger partial charge in [-0.2, -0.15) is 0 Å². The number of aromatic hydroxyl groups is 1. The first-order valence-corrected chi connectivity index (χ1v) is 6.74. The van der Waals surface area contributed by atoms with Gasteiger partial charge in [-0.15, -0.1) is 0 Å². The van der Waals surface area contributed by atoms with Crippen LogP contribution in [0.15, 0.2) is 11.0 Å². The lowest BCUT2D eigenvalue weighted by Gasteiger charge is -2.27. The van der Waals surface area contributed by atoms with Crippen molar-refractivity contribution in [2.24, 2.45) is 5.92 Å². The molecular formula is C13H19N3O4. The molecule has 1 saturated carbocycles. The van der Waals surface area contributed by atoms with Crippen LogP contribution in [0.2, 0.25) is 0 Å². The number of carbonyl (C=O) groups excluding carboxylic acids is 2. The summed E-state index contributed by atoms with van der Waals surface area (Å²) in [5, 5.41) is 12.2. The SMILES string of the molecule is CC(=O)C1CCC(NC(=O)Cn2c(O)c[nH]c2=O)CC1. The third kappa shape index (κ3) is 3.28. The number of Topliss-reactive ketones (excluding diaryl/α,β-unsaturated/α-hetero) is 1. The van der Waals surface area contributed by atoms with Crippen LogP contribution in [-0.2, 0) is 16.1 Å². The zero-order chi connectivity index (χ0) is 14.7. The molecule has 0 saturated heterocycles. The summed E-state index contributed by atoms with van der Waals surface area (Å²) in [5.41, 5.74) is -0.516. The highest BCUT2D eigenvalue weighted by Crippen LogP contribution is 2.24. The largest absolute Gasteiger partial charge is 0.493 e. The third-order valence-electron chi connectivity index (χ3n) is 3.82. The van der Waals surface area contributed by atoms with Gasteiger partial charge in [0.15, 0.2) is 0 Å². The molecule has 20 heavy (non-hydrogen) atoms. The molecule has 110 valence electrons. The van der Waals surface area contributed by atoms with E-state index < -0.39 is 5.69 Å². The van der Waals surface area contributed by atoms with Gasteiger partial charge in [0, 0.05) is 12.0 Å². The van der Waals surface area contributed by atoms with Gasteiger partial charge in [0.1, 0.15) is 12.3 Å². The number of aromatic nitrogens is 2. The maximum absolute atomic E-state index is 11.8. The van der Waals surface area contributed by atoms with Crippen LogP contribution in [0.3, 0.4) is 0 Å². The number of rotatable bonds is 4. The van der Waals surface area contributed by atoms with Gasteiger partial charge < -0.3 is 15.4 Å². The predicted molar refractivity (Wildman–Crippen MR) is 71.3 cm³/mol. The van der Waals surface area contributed by atoms with Crippen LogP contribution in [0.4, 0.5) is 0 Å². The van der Waals surface area contributed by atoms with Crippen molar-refractivity contribution in [1.29, 1.82) is 0 Å². The van der Waals surface area contributed by atoms with Crippen LogP contribution in [-0.4, -0.2) is 32.4 Å². The fraction of sp³-hybridized carbons (Fsp3) is 0.615. The molecule has 0 atom stereocenters. The third-order valence-corrected chi connectivity index (χ3v) is 3.82. The topological polar surface area (TPSA) is 104 Å². The van der Waals surface area contributed by atoms with Gasteiger partial charge in [0.05, 0.1) is 6.20 Å². The van der Waals surface area contributed by atoms with Crippen molar-refractivity contribution in [3.63, 3.8) is 0 Å². The number of H-pyrrole nitrogens is 1. The predicted octanol–water partition coefficient (Wildman–Crippen LogP) is 0.146. The first kappa shape index (κ1) is 14.4. The lowest BCUT2D eigenvalue weighted by atomic mass is 9.84. The molecule has 3 N–H and O–H groups in total. The number of nitrogens with zero attached hydrogens (tertiary/aromatic N) is 1. The van der Waals surface area contributed by atoms with E-state index in [0.29, 0.717) is 0 Å². The molecule has 1 amide bonds. The molecule has 1 aliphatic carbocycles. The molecule has 0 radical (unpaired) electrons. The number of hydrogen-bond acceptors (Lipinski definition) is 4. The minimum atomic E-state index is -0.516. The highest BCUT2D eigenvalue weighted by atomic mass is 16.3. The molecule has 0 aromatic carbocycles. The minimum absolute atomic E-state index is 0.0369. The number of imidazole rings is 1. The average Bonchev–Trinajstić information content (AvgIpc) is 2.71. The first-order chi connectivity index (χ1) is 9.47. The Hall–Kier alpha value is -2.05. The Morgan fingerprint density at radius 3 is 2.55 bits per heavy atom. The maximum atomic E-state index is 11.8. The minimum Gasteiger partial charge on any atom is -0.493 e. The second-order valence-electron chi connectivity index (χ2n) is 5.26. The Morgan fingerprint density at radius 1 is 1.40 bits per heavy atom. The Labute approximate surface area is 116 Å². The standard InChI is InChI=1S/C13H19N3O4/c1-8(17)9-2-4-10(5-3-9)15-11(18)7-16-12(19)6-14-13(16)20/h6,9-10,19H,2-5,7H2,1H3,(H,14,20)(H,15,18). The van der Waals surface area contributed by atoms with E-state index in [1.165, 1.54) is 0 Å². The van der Waals surface area contributed by atoms with Crippen molar-refractivity contribution in [3.8, 4) is 5.88 Å². The molecule has 7 nitrogen and oxygen atoms in total. The van der Waals surface area contributed by atoms with Crippen molar-refractivity contribution in [3.05, 3.63) is 16.7 Å². The summed E-state index contributed by atoms with van der Waals surface area (Å²) >= 11 is 0. The van der Waals surface area contributed by atoms with E-state index in [-0.39, 0.29) is 36.1 Å². The van der Waals surface area contributed by atoms with E-state index in [2.05, 4.69) is 10.3 Å². The lowest BCUT2D eigenvalue weighted by molar-refractivity contribution is -0.123. The van der Waals surface area contributed by atoms with Gasteiger partial charge in [0.2, 0.25) is 11.8 Å². The Balaban J connectivity index is 1.84. The number of aromatic amines is 1. The van der Waals surface area contributed by atoms with E-state index in [4.69, 9.17) is 0 Å². The monoisotopic (exact) mass is 281 g/mol. The van der Waals surface area contributed by atoms with Crippen LogP contribution in [0, 0.1) is 5.92 Å².